The van der Waals surface area contributed by atoms with Crippen LogP contribution >= 0.6 is 0 Å². The topological polar surface area (TPSA) is 76.2 Å². The highest BCUT2D eigenvalue weighted by molar-refractivity contribution is 6.02. The fraction of sp³-hybridized carbons (Fsp3) is 0.100. The number of H-pyrrole nitrogens is 1. The van der Waals surface area contributed by atoms with Gasteiger partial charge in [0.15, 0.2) is 0 Å². The Bertz CT molecular complexity index is 878. The van der Waals surface area contributed by atoms with Crippen LogP contribution in [0.25, 0.3) is 17.5 Å². The summed E-state index contributed by atoms with van der Waals surface area (Å²) in [5, 5.41) is 2.82. The van der Waals surface area contributed by atoms with E-state index < -0.39 is 0 Å². The Balaban J connectivity index is 1.66. The molecule has 0 unspecified atom stereocenters. The molecule has 1 aromatic heterocycles. The first-order valence-corrected chi connectivity index (χ1v) is 8.00. The summed E-state index contributed by atoms with van der Waals surface area (Å²) in [5.41, 5.74) is 2.47. The molecule has 6 heteroatoms. The van der Waals surface area contributed by atoms with E-state index in [1.807, 2.05) is 36.4 Å². The maximum atomic E-state index is 12.1. The summed E-state index contributed by atoms with van der Waals surface area (Å²) in [7, 11) is 3.17. The highest BCUT2D eigenvalue weighted by Crippen LogP contribution is 2.23. The number of anilines is 1. The minimum absolute atomic E-state index is 0.225. The Morgan fingerprint density at radius 3 is 2.35 bits per heavy atom. The van der Waals surface area contributed by atoms with Crippen molar-refractivity contribution in [3.05, 3.63) is 66.5 Å². The standard InChI is InChI=1S/C20H19N3O3/c1-25-17-11-14(12-18(13-17)26-2)3-8-19(24)23-16-6-4-15(5-7-16)20-21-9-10-22-20/h3-13H,1-2H3,(H,21,22)(H,23,24)/b8-3+. The molecule has 0 aliphatic heterocycles. The van der Waals surface area contributed by atoms with E-state index >= 15 is 0 Å². The van der Waals surface area contributed by atoms with Gasteiger partial charge < -0.3 is 19.8 Å². The average Bonchev–Trinajstić information content (AvgIpc) is 3.21. The number of amides is 1. The lowest BCUT2D eigenvalue weighted by atomic mass is 10.1. The number of imidazole rings is 1. The second-order valence-corrected chi connectivity index (χ2v) is 5.48. The maximum absolute atomic E-state index is 12.1. The third-order valence-corrected chi connectivity index (χ3v) is 3.73. The molecule has 132 valence electrons. The van der Waals surface area contributed by atoms with Crippen molar-refractivity contribution in [3.63, 3.8) is 0 Å². The van der Waals surface area contributed by atoms with Crippen LogP contribution in [0.15, 0.2) is 60.9 Å². The third-order valence-electron chi connectivity index (χ3n) is 3.73. The summed E-state index contributed by atoms with van der Waals surface area (Å²) in [4.78, 5) is 19.4. The molecule has 6 nitrogen and oxygen atoms in total. The number of ether oxygens (including phenoxy) is 2. The van der Waals surface area contributed by atoms with Crippen LogP contribution in [-0.4, -0.2) is 30.1 Å². The molecule has 26 heavy (non-hydrogen) atoms. The zero-order valence-electron chi connectivity index (χ0n) is 14.5. The van der Waals surface area contributed by atoms with Gasteiger partial charge in [-0.3, -0.25) is 4.79 Å². The van der Waals surface area contributed by atoms with E-state index in [0.717, 1.165) is 17.0 Å². The number of rotatable bonds is 6. The number of aromatic nitrogens is 2. The zero-order chi connectivity index (χ0) is 18.4. The third kappa shape index (κ3) is 4.30. The molecule has 0 radical (unpaired) electrons. The monoisotopic (exact) mass is 349 g/mol. The van der Waals surface area contributed by atoms with Crippen molar-refractivity contribution in [2.45, 2.75) is 0 Å². The van der Waals surface area contributed by atoms with Gasteiger partial charge in [-0.05, 0) is 48.0 Å². The van der Waals surface area contributed by atoms with Crippen molar-refractivity contribution in [1.29, 1.82) is 0 Å². The van der Waals surface area contributed by atoms with E-state index in [-0.39, 0.29) is 5.91 Å². The first-order chi connectivity index (χ1) is 12.7. The molecule has 0 saturated carbocycles. The van der Waals surface area contributed by atoms with Crippen LogP contribution in [0.5, 0.6) is 11.5 Å². The van der Waals surface area contributed by atoms with Gasteiger partial charge in [-0.15, -0.1) is 0 Å². The Hall–Kier alpha value is -3.54. The summed E-state index contributed by atoms with van der Waals surface area (Å²) in [6, 6.07) is 12.9. The quantitative estimate of drug-likeness (QED) is 0.665. The Labute approximate surface area is 151 Å². The molecule has 2 aromatic carbocycles. The predicted octanol–water partition coefficient (Wildman–Crippen LogP) is 3.75. The maximum Gasteiger partial charge on any atom is 0.248 e. The number of aromatic amines is 1. The number of nitrogens with one attached hydrogen (secondary N) is 2. The second kappa shape index (κ2) is 8.02. The highest BCUT2D eigenvalue weighted by Gasteiger charge is 2.03. The Morgan fingerprint density at radius 2 is 1.77 bits per heavy atom. The number of methoxy groups -OCH3 is 2. The predicted molar refractivity (Wildman–Crippen MR) is 101 cm³/mol. The van der Waals surface area contributed by atoms with E-state index in [0.29, 0.717) is 17.2 Å². The SMILES string of the molecule is COc1cc(/C=C/C(=O)Nc2ccc(-c3ncc[nH]3)cc2)cc(OC)c1. The van der Waals surface area contributed by atoms with Crippen molar-refractivity contribution in [3.8, 4) is 22.9 Å². The molecule has 0 fully saturated rings. The molecule has 0 atom stereocenters. The summed E-state index contributed by atoms with van der Waals surface area (Å²) in [5.74, 6) is 1.89. The van der Waals surface area contributed by atoms with Gasteiger partial charge in [0.25, 0.3) is 0 Å². The van der Waals surface area contributed by atoms with Crippen LogP contribution < -0.4 is 14.8 Å². The lowest BCUT2D eigenvalue weighted by Gasteiger charge is -2.06. The molecule has 0 spiro atoms. The van der Waals surface area contributed by atoms with Crippen molar-refractivity contribution >= 4 is 17.7 Å². The molecule has 3 rings (SSSR count). The van der Waals surface area contributed by atoms with Crippen LogP contribution in [0, 0.1) is 0 Å². The van der Waals surface area contributed by atoms with Crippen molar-refractivity contribution in [1.82, 2.24) is 9.97 Å². The largest absolute Gasteiger partial charge is 0.497 e. The Morgan fingerprint density at radius 1 is 1.08 bits per heavy atom. The molecule has 0 saturated heterocycles. The molecular weight excluding hydrogens is 330 g/mol. The first-order valence-electron chi connectivity index (χ1n) is 8.00. The number of carbonyl (C=O) groups excluding carboxylic acids is 1. The number of nitrogens with zero attached hydrogens (tertiary/aromatic N) is 1. The van der Waals surface area contributed by atoms with Gasteiger partial charge in [-0.25, -0.2) is 4.98 Å². The average molecular weight is 349 g/mol. The van der Waals surface area contributed by atoms with Gasteiger partial charge in [0.2, 0.25) is 5.91 Å². The van der Waals surface area contributed by atoms with E-state index in [2.05, 4.69) is 15.3 Å². The van der Waals surface area contributed by atoms with Crippen LogP contribution in [0.3, 0.4) is 0 Å². The number of carbonyl (C=O) groups is 1. The zero-order valence-corrected chi connectivity index (χ0v) is 14.5. The van der Waals surface area contributed by atoms with E-state index in [4.69, 9.17) is 9.47 Å². The fourth-order valence-electron chi connectivity index (χ4n) is 2.42. The minimum atomic E-state index is -0.225. The van der Waals surface area contributed by atoms with Crippen molar-refractivity contribution in [2.75, 3.05) is 19.5 Å². The van der Waals surface area contributed by atoms with Crippen LogP contribution in [-0.2, 0) is 4.79 Å². The molecule has 3 aromatic rings. The van der Waals surface area contributed by atoms with Gasteiger partial charge in [-0.2, -0.15) is 0 Å². The molecule has 2 N–H and O–H groups in total. The lowest BCUT2D eigenvalue weighted by Crippen LogP contribution is -2.07. The second-order valence-electron chi connectivity index (χ2n) is 5.48. The summed E-state index contributed by atoms with van der Waals surface area (Å²) < 4.78 is 10.4. The molecule has 0 aliphatic carbocycles. The van der Waals surface area contributed by atoms with Crippen LogP contribution in [0.2, 0.25) is 0 Å². The van der Waals surface area contributed by atoms with Gasteiger partial charge in [-0.1, -0.05) is 0 Å². The summed E-state index contributed by atoms with van der Waals surface area (Å²) >= 11 is 0. The van der Waals surface area contributed by atoms with Gasteiger partial charge >= 0.3 is 0 Å². The highest BCUT2D eigenvalue weighted by atomic mass is 16.5. The lowest BCUT2D eigenvalue weighted by molar-refractivity contribution is -0.111. The van der Waals surface area contributed by atoms with Crippen molar-refractivity contribution < 1.29 is 14.3 Å². The minimum Gasteiger partial charge on any atom is -0.497 e. The van der Waals surface area contributed by atoms with E-state index in [9.17, 15) is 4.79 Å². The van der Waals surface area contributed by atoms with Gasteiger partial charge in [0, 0.05) is 35.8 Å². The summed E-state index contributed by atoms with van der Waals surface area (Å²) in [6.45, 7) is 0. The first kappa shape index (κ1) is 17.3. The molecule has 1 heterocycles. The van der Waals surface area contributed by atoms with Crippen LogP contribution in [0.1, 0.15) is 5.56 Å². The normalized spacial score (nSPS) is 10.7. The summed E-state index contributed by atoms with van der Waals surface area (Å²) in [6.07, 6.45) is 6.64. The number of benzene rings is 2. The fourth-order valence-corrected chi connectivity index (χ4v) is 2.42. The van der Waals surface area contributed by atoms with Gasteiger partial charge in [0.05, 0.1) is 14.2 Å². The molecule has 1 amide bonds. The van der Waals surface area contributed by atoms with Crippen molar-refractivity contribution in [2.24, 2.45) is 0 Å². The molecule has 0 aliphatic rings. The smallest absolute Gasteiger partial charge is 0.248 e. The van der Waals surface area contributed by atoms with E-state index in [1.54, 1.807) is 38.8 Å². The Kier molecular flexibility index (Phi) is 5.34. The van der Waals surface area contributed by atoms with Gasteiger partial charge in [0.1, 0.15) is 17.3 Å². The molecular formula is C20H19N3O3. The van der Waals surface area contributed by atoms with Crippen LogP contribution in [0.4, 0.5) is 5.69 Å². The number of hydrogen-bond acceptors (Lipinski definition) is 4. The number of hydrogen-bond donors (Lipinski definition) is 2. The van der Waals surface area contributed by atoms with E-state index in [1.165, 1.54) is 6.08 Å². The molecule has 0 bridgehead atoms.